The van der Waals surface area contributed by atoms with Crippen LogP contribution in [0.3, 0.4) is 0 Å². The van der Waals surface area contributed by atoms with Gasteiger partial charge in [-0.05, 0) is 30.3 Å². The third-order valence-corrected chi connectivity index (χ3v) is 5.26. The molecular formula is C24H17ClN4O. The van der Waals surface area contributed by atoms with Gasteiger partial charge in [-0.25, -0.2) is 0 Å². The standard InChI is InChI=1S/C24H17ClN4O/c25-17-11-12-21-19(13-17)23(16-7-3-1-4-8-16)27-15-22-28-20(24(30)29(21)22)14-26-18-9-5-2-6-10-18/h1-14,20H,15H2. The molecule has 2 aliphatic rings. The van der Waals surface area contributed by atoms with Crippen LogP contribution in [0.5, 0.6) is 0 Å². The molecule has 0 saturated heterocycles. The van der Waals surface area contributed by atoms with Crippen molar-refractivity contribution in [3.05, 3.63) is 95.0 Å². The summed E-state index contributed by atoms with van der Waals surface area (Å²) in [5.41, 5.74) is 4.10. The van der Waals surface area contributed by atoms with Gasteiger partial charge in [0.05, 0.1) is 23.6 Å². The van der Waals surface area contributed by atoms with Crippen molar-refractivity contribution >= 4 is 46.6 Å². The molecule has 0 radical (unpaired) electrons. The molecule has 146 valence electrons. The topological polar surface area (TPSA) is 57.4 Å². The van der Waals surface area contributed by atoms with Crippen LogP contribution in [0.2, 0.25) is 5.02 Å². The fraction of sp³-hybridized carbons (Fsp3) is 0.0833. The summed E-state index contributed by atoms with van der Waals surface area (Å²) in [6.45, 7) is 0.304. The summed E-state index contributed by atoms with van der Waals surface area (Å²) < 4.78 is 0. The molecule has 0 N–H and O–H groups in total. The molecule has 3 aromatic carbocycles. The number of aliphatic imine (C=N–C) groups is 3. The summed E-state index contributed by atoms with van der Waals surface area (Å²) in [5.74, 6) is 0.469. The van der Waals surface area contributed by atoms with E-state index in [9.17, 15) is 4.79 Å². The molecule has 1 atom stereocenters. The molecule has 3 aromatic rings. The molecule has 5 rings (SSSR count). The Balaban J connectivity index is 1.56. The van der Waals surface area contributed by atoms with E-state index in [0.717, 1.165) is 28.2 Å². The Morgan fingerprint density at radius 2 is 1.73 bits per heavy atom. The Kier molecular flexibility index (Phi) is 4.73. The Morgan fingerprint density at radius 1 is 1.00 bits per heavy atom. The van der Waals surface area contributed by atoms with Gasteiger partial charge >= 0.3 is 0 Å². The van der Waals surface area contributed by atoms with Crippen molar-refractivity contribution in [1.29, 1.82) is 0 Å². The van der Waals surface area contributed by atoms with Crippen LogP contribution in [0, 0.1) is 0 Å². The second-order valence-electron chi connectivity index (χ2n) is 6.97. The predicted octanol–water partition coefficient (Wildman–Crippen LogP) is 4.71. The van der Waals surface area contributed by atoms with Crippen molar-refractivity contribution in [2.24, 2.45) is 15.0 Å². The van der Waals surface area contributed by atoms with Crippen molar-refractivity contribution in [2.75, 3.05) is 11.4 Å². The second kappa shape index (κ2) is 7.69. The number of amides is 1. The summed E-state index contributed by atoms with van der Waals surface area (Å²) in [6, 6.07) is 24.2. The molecule has 5 nitrogen and oxygen atoms in total. The van der Waals surface area contributed by atoms with Gasteiger partial charge in [0, 0.05) is 22.4 Å². The lowest BCUT2D eigenvalue weighted by atomic mass is 10.00. The minimum Gasteiger partial charge on any atom is -0.276 e. The molecule has 6 heteroatoms. The van der Waals surface area contributed by atoms with Gasteiger partial charge in [-0.3, -0.25) is 24.7 Å². The van der Waals surface area contributed by atoms with E-state index in [0.29, 0.717) is 17.4 Å². The zero-order chi connectivity index (χ0) is 20.5. The maximum Gasteiger partial charge on any atom is 0.262 e. The van der Waals surface area contributed by atoms with Gasteiger partial charge in [0.25, 0.3) is 5.91 Å². The molecule has 0 aromatic heterocycles. The number of para-hydroxylation sites is 1. The van der Waals surface area contributed by atoms with Crippen molar-refractivity contribution in [3.8, 4) is 0 Å². The van der Waals surface area contributed by atoms with Gasteiger partial charge in [-0.2, -0.15) is 0 Å². The van der Waals surface area contributed by atoms with E-state index in [1.54, 1.807) is 17.2 Å². The van der Waals surface area contributed by atoms with E-state index in [-0.39, 0.29) is 5.91 Å². The summed E-state index contributed by atoms with van der Waals surface area (Å²) in [7, 11) is 0. The second-order valence-corrected chi connectivity index (χ2v) is 7.41. The summed E-state index contributed by atoms with van der Waals surface area (Å²) in [4.78, 5) is 28.7. The Hall–Kier alpha value is -3.57. The number of hydrogen-bond acceptors (Lipinski definition) is 4. The first kappa shape index (κ1) is 18.5. The summed E-state index contributed by atoms with van der Waals surface area (Å²) in [6.07, 6.45) is 1.59. The number of halogens is 1. The van der Waals surface area contributed by atoms with Crippen molar-refractivity contribution in [2.45, 2.75) is 6.04 Å². The minimum atomic E-state index is -0.669. The van der Waals surface area contributed by atoms with E-state index in [1.807, 2.05) is 72.8 Å². The van der Waals surface area contributed by atoms with Crippen LogP contribution in [0.1, 0.15) is 11.1 Å². The monoisotopic (exact) mass is 412 g/mol. The fourth-order valence-corrected chi connectivity index (χ4v) is 3.81. The van der Waals surface area contributed by atoms with Gasteiger partial charge in [0.1, 0.15) is 5.84 Å². The van der Waals surface area contributed by atoms with E-state index in [1.165, 1.54) is 0 Å². The highest BCUT2D eigenvalue weighted by Gasteiger charge is 2.37. The zero-order valence-corrected chi connectivity index (χ0v) is 16.7. The molecule has 1 unspecified atom stereocenters. The Labute approximate surface area is 179 Å². The predicted molar refractivity (Wildman–Crippen MR) is 122 cm³/mol. The molecule has 0 aliphatic carbocycles. The number of nitrogens with zero attached hydrogens (tertiary/aromatic N) is 4. The first-order valence-corrected chi connectivity index (χ1v) is 9.98. The average Bonchev–Trinajstić information content (AvgIpc) is 3.00. The lowest BCUT2D eigenvalue weighted by Crippen LogP contribution is -2.36. The molecule has 1 amide bonds. The first-order chi connectivity index (χ1) is 14.7. The van der Waals surface area contributed by atoms with Crippen LogP contribution in [0.15, 0.2) is 93.8 Å². The number of hydrogen-bond donors (Lipinski definition) is 0. The van der Waals surface area contributed by atoms with Crippen LogP contribution in [-0.4, -0.2) is 36.3 Å². The first-order valence-electron chi connectivity index (χ1n) is 9.60. The average molecular weight is 413 g/mol. The maximum absolute atomic E-state index is 13.2. The molecule has 30 heavy (non-hydrogen) atoms. The van der Waals surface area contributed by atoms with Crippen molar-refractivity contribution in [3.63, 3.8) is 0 Å². The number of amidine groups is 1. The third-order valence-electron chi connectivity index (χ3n) is 5.02. The molecule has 2 heterocycles. The lowest BCUT2D eigenvalue weighted by Gasteiger charge is -2.19. The molecule has 0 fully saturated rings. The maximum atomic E-state index is 13.2. The Morgan fingerprint density at radius 3 is 2.50 bits per heavy atom. The Bertz CT molecular complexity index is 1200. The van der Waals surface area contributed by atoms with E-state index < -0.39 is 6.04 Å². The van der Waals surface area contributed by atoms with Gasteiger partial charge in [-0.15, -0.1) is 0 Å². The van der Waals surface area contributed by atoms with Gasteiger partial charge in [0.2, 0.25) is 0 Å². The van der Waals surface area contributed by atoms with E-state index >= 15 is 0 Å². The number of benzene rings is 3. The number of carbonyl (C=O) groups is 1. The van der Waals surface area contributed by atoms with Gasteiger partial charge < -0.3 is 0 Å². The normalized spacial score (nSPS) is 18.0. The van der Waals surface area contributed by atoms with Crippen LogP contribution in [0.4, 0.5) is 11.4 Å². The highest BCUT2D eigenvalue weighted by molar-refractivity contribution is 6.34. The molecule has 2 aliphatic heterocycles. The minimum absolute atomic E-state index is 0.141. The van der Waals surface area contributed by atoms with Crippen LogP contribution >= 0.6 is 11.6 Å². The SMILES string of the molecule is O=C1C(C=Nc2ccccc2)N=C2CN=C(c3ccccc3)c3cc(Cl)ccc3N12. The highest BCUT2D eigenvalue weighted by atomic mass is 35.5. The van der Waals surface area contributed by atoms with E-state index in [4.69, 9.17) is 16.6 Å². The third kappa shape index (κ3) is 3.33. The van der Waals surface area contributed by atoms with Gasteiger partial charge in [0.15, 0.2) is 6.04 Å². The largest absolute Gasteiger partial charge is 0.276 e. The molecule has 0 spiro atoms. The molecular weight excluding hydrogens is 396 g/mol. The number of carbonyl (C=O) groups excluding carboxylic acids is 1. The van der Waals surface area contributed by atoms with E-state index in [2.05, 4.69) is 9.98 Å². The number of rotatable bonds is 3. The lowest BCUT2D eigenvalue weighted by molar-refractivity contribution is -0.116. The number of anilines is 1. The number of fused-ring (bicyclic) bond motifs is 3. The van der Waals surface area contributed by atoms with Crippen LogP contribution < -0.4 is 4.90 Å². The van der Waals surface area contributed by atoms with Crippen molar-refractivity contribution in [1.82, 2.24) is 0 Å². The summed E-state index contributed by atoms with van der Waals surface area (Å²) >= 11 is 6.30. The van der Waals surface area contributed by atoms with Gasteiger partial charge in [-0.1, -0.05) is 60.1 Å². The smallest absolute Gasteiger partial charge is 0.262 e. The summed E-state index contributed by atoms with van der Waals surface area (Å²) in [5, 5.41) is 0.589. The fourth-order valence-electron chi connectivity index (χ4n) is 3.64. The van der Waals surface area contributed by atoms with Crippen LogP contribution in [0.25, 0.3) is 0 Å². The molecule has 0 saturated carbocycles. The molecule has 0 bridgehead atoms. The van der Waals surface area contributed by atoms with Crippen molar-refractivity contribution < 1.29 is 4.79 Å². The van der Waals surface area contributed by atoms with Crippen LogP contribution in [-0.2, 0) is 4.79 Å². The zero-order valence-electron chi connectivity index (χ0n) is 15.9. The quantitative estimate of drug-likeness (QED) is 0.575. The highest BCUT2D eigenvalue weighted by Crippen LogP contribution is 2.32.